The second-order valence-electron chi connectivity index (χ2n) is 6.87. The van der Waals surface area contributed by atoms with E-state index in [1.165, 1.54) is 4.31 Å². The van der Waals surface area contributed by atoms with Gasteiger partial charge >= 0.3 is 0 Å². The van der Waals surface area contributed by atoms with Crippen molar-refractivity contribution in [2.45, 2.75) is 32.1 Å². The third-order valence-corrected chi connectivity index (χ3v) is 6.03. The molecule has 2 aromatic carbocycles. The van der Waals surface area contributed by atoms with E-state index in [1.54, 1.807) is 43.5 Å². The molecule has 0 saturated heterocycles. The first-order chi connectivity index (χ1) is 13.2. The predicted molar refractivity (Wildman–Crippen MR) is 111 cm³/mol. The van der Waals surface area contributed by atoms with Gasteiger partial charge in [0, 0.05) is 20.3 Å². The molecule has 0 radical (unpaired) electrons. The number of anilines is 1. The van der Waals surface area contributed by atoms with Crippen molar-refractivity contribution in [1.82, 2.24) is 5.32 Å². The number of rotatable bonds is 9. The maximum Gasteiger partial charge on any atom is 0.264 e. The summed E-state index contributed by atoms with van der Waals surface area (Å²) in [6.45, 7) is 6.37. The molecule has 6 nitrogen and oxygen atoms in total. The number of hydrogen-bond acceptors (Lipinski definition) is 4. The Hall–Kier alpha value is -2.38. The largest absolute Gasteiger partial charge is 0.385 e. The first-order valence-electron chi connectivity index (χ1n) is 9.17. The van der Waals surface area contributed by atoms with Crippen LogP contribution in [-0.2, 0) is 19.6 Å². The highest BCUT2D eigenvalue weighted by atomic mass is 32.2. The fraction of sp³-hybridized carbons (Fsp3) is 0.381. The minimum Gasteiger partial charge on any atom is -0.385 e. The Kier molecular flexibility index (Phi) is 7.60. The smallest absolute Gasteiger partial charge is 0.264 e. The lowest BCUT2D eigenvalue weighted by molar-refractivity contribution is -0.119. The van der Waals surface area contributed by atoms with Crippen molar-refractivity contribution < 1.29 is 17.9 Å². The average Bonchev–Trinajstić information content (AvgIpc) is 2.62. The van der Waals surface area contributed by atoms with Crippen LogP contribution in [0.2, 0.25) is 0 Å². The van der Waals surface area contributed by atoms with Gasteiger partial charge in [0.05, 0.1) is 10.6 Å². The molecule has 0 aliphatic carbocycles. The number of carbonyl (C=O) groups excluding carboxylic acids is 1. The maximum absolute atomic E-state index is 13.3. The van der Waals surface area contributed by atoms with Gasteiger partial charge in [-0.2, -0.15) is 0 Å². The van der Waals surface area contributed by atoms with Gasteiger partial charge in [0.15, 0.2) is 0 Å². The lowest BCUT2D eigenvalue weighted by Gasteiger charge is -2.25. The molecule has 0 aliphatic heterocycles. The first-order valence-corrected chi connectivity index (χ1v) is 10.6. The van der Waals surface area contributed by atoms with Gasteiger partial charge in [-0.1, -0.05) is 23.8 Å². The molecule has 0 bridgehead atoms. The molecular weight excluding hydrogens is 376 g/mol. The molecule has 1 amide bonds. The van der Waals surface area contributed by atoms with E-state index in [0.717, 1.165) is 16.7 Å². The van der Waals surface area contributed by atoms with Crippen LogP contribution in [0.1, 0.15) is 23.1 Å². The molecule has 2 rings (SSSR count). The van der Waals surface area contributed by atoms with Gasteiger partial charge in [-0.15, -0.1) is 0 Å². The van der Waals surface area contributed by atoms with Crippen LogP contribution >= 0.6 is 0 Å². The molecule has 0 spiro atoms. The summed E-state index contributed by atoms with van der Waals surface area (Å²) in [6, 6.07) is 12.1. The monoisotopic (exact) mass is 404 g/mol. The van der Waals surface area contributed by atoms with Crippen LogP contribution in [0, 0.1) is 20.8 Å². The fourth-order valence-corrected chi connectivity index (χ4v) is 4.28. The predicted octanol–water partition coefficient (Wildman–Crippen LogP) is 2.96. The normalized spacial score (nSPS) is 11.3. The number of sulfonamides is 1. The summed E-state index contributed by atoms with van der Waals surface area (Å²) in [7, 11) is -2.29. The van der Waals surface area contributed by atoms with Crippen molar-refractivity contribution in [3.63, 3.8) is 0 Å². The Morgan fingerprint density at radius 1 is 1.00 bits per heavy atom. The third kappa shape index (κ3) is 5.81. The van der Waals surface area contributed by atoms with Crippen molar-refractivity contribution in [2.75, 3.05) is 31.1 Å². The molecule has 152 valence electrons. The second kappa shape index (κ2) is 9.71. The van der Waals surface area contributed by atoms with Crippen LogP contribution in [0.3, 0.4) is 0 Å². The molecule has 0 aromatic heterocycles. The van der Waals surface area contributed by atoms with Crippen molar-refractivity contribution in [2.24, 2.45) is 0 Å². The molecule has 0 heterocycles. The zero-order valence-corrected chi connectivity index (χ0v) is 17.7. The highest BCUT2D eigenvalue weighted by Gasteiger charge is 2.27. The Morgan fingerprint density at radius 3 is 2.18 bits per heavy atom. The van der Waals surface area contributed by atoms with Crippen molar-refractivity contribution in [3.8, 4) is 0 Å². The SMILES string of the molecule is COCCCNC(=O)CN(c1cc(C)cc(C)c1)S(=O)(=O)c1ccc(C)cc1. The van der Waals surface area contributed by atoms with Crippen LogP contribution in [0.4, 0.5) is 5.69 Å². The highest BCUT2D eigenvalue weighted by Crippen LogP contribution is 2.26. The number of aryl methyl sites for hydroxylation is 3. The Bertz CT molecular complexity index is 888. The summed E-state index contributed by atoms with van der Waals surface area (Å²) in [5.41, 5.74) is 3.30. The third-order valence-electron chi connectivity index (χ3n) is 4.24. The molecule has 0 fully saturated rings. The number of nitrogens with one attached hydrogen (secondary N) is 1. The zero-order valence-electron chi connectivity index (χ0n) is 16.9. The molecular formula is C21H28N2O4S. The Balaban J connectivity index is 2.35. The van der Waals surface area contributed by atoms with Gasteiger partial charge in [0.1, 0.15) is 6.54 Å². The van der Waals surface area contributed by atoms with Crippen LogP contribution in [0.5, 0.6) is 0 Å². The van der Waals surface area contributed by atoms with E-state index in [2.05, 4.69) is 5.32 Å². The molecule has 0 atom stereocenters. The van der Waals surface area contributed by atoms with Gasteiger partial charge in [0.25, 0.3) is 10.0 Å². The second-order valence-corrected chi connectivity index (χ2v) is 8.73. The number of ether oxygens (including phenoxy) is 1. The van der Waals surface area contributed by atoms with E-state index in [4.69, 9.17) is 4.74 Å². The minimum atomic E-state index is -3.89. The van der Waals surface area contributed by atoms with E-state index in [0.29, 0.717) is 25.3 Å². The quantitative estimate of drug-likeness (QED) is 0.652. The van der Waals surface area contributed by atoms with Gasteiger partial charge in [-0.3, -0.25) is 9.10 Å². The van der Waals surface area contributed by atoms with Gasteiger partial charge < -0.3 is 10.1 Å². The zero-order chi connectivity index (χ0) is 20.7. The van der Waals surface area contributed by atoms with Crippen LogP contribution in [-0.4, -0.2) is 41.1 Å². The summed E-state index contributed by atoms with van der Waals surface area (Å²) in [4.78, 5) is 12.6. The molecule has 0 unspecified atom stereocenters. The number of carbonyl (C=O) groups is 1. The maximum atomic E-state index is 13.3. The van der Waals surface area contributed by atoms with Crippen LogP contribution < -0.4 is 9.62 Å². The molecule has 28 heavy (non-hydrogen) atoms. The highest BCUT2D eigenvalue weighted by molar-refractivity contribution is 7.92. The van der Waals surface area contributed by atoms with Crippen molar-refractivity contribution >= 4 is 21.6 Å². The number of amides is 1. The summed E-state index contributed by atoms with van der Waals surface area (Å²) in [6.07, 6.45) is 0.663. The molecule has 7 heteroatoms. The lowest BCUT2D eigenvalue weighted by Crippen LogP contribution is -2.41. The standard InChI is InChI=1S/C21H28N2O4S/c1-16-6-8-20(9-7-16)28(25,26)23(15-21(24)22-10-5-11-27-4)19-13-17(2)12-18(3)14-19/h6-9,12-14H,5,10-11,15H2,1-4H3,(H,22,24). The van der Waals surface area contributed by atoms with Crippen molar-refractivity contribution in [3.05, 3.63) is 59.2 Å². The average molecular weight is 405 g/mol. The minimum absolute atomic E-state index is 0.157. The van der Waals surface area contributed by atoms with E-state index in [1.807, 2.05) is 26.8 Å². The number of benzene rings is 2. The van der Waals surface area contributed by atoms with E-state index in [9.17, 15) is 13.2 Å². The molecule has 0 aliphatic rings. The van der Waals surface area contributed by atoms with Crippen LogP contribution in [0.15, 0.2) is 47.4 Å². The number of methoxy groups -OCH3 is 1. The molecule has 1 N–H and O–H groups in total. The van der Waals surface area contributed by atoms with Gasteiger partial charge in [0.2, 0.25) is 5.91 Å². The summed E-state index contributed by atoms with van der Waals surface area (Å²) in [5, 5.41) is 2.75. The Labute approximate surface area is 167 Å². The molecule has 0 saturated carbocycles. The molecule has 2 aromatic rings. The van der Waals surface area contributed by atoms with Gasteiger partial charge in [-0.05, 0) is 62.6 Å². The topological polar surface area (TPSA) is 75.7 Å². The van der Waals surface area contributed by atoms with Crippen molar-refractivity contribution in [1.29, 1.82) is 0 Å². The van der Waals surface area contributed by atoms with E-state index >= 15 is 0 Å². The Morgan fingerprint density at radius 2 is 1.61 bits per heavy atom. The summed E-state index contributed by atoms with van der Waals surface area (Å²) >= 11 is 0. The van der Waals surface area contributed by atoms with Crippen LogP contribution in [0.25, 0.3) is 0 Å². The summed E-state index contributed by atoms with van der Waals surface area (Å²) < 4.78 is 32.7. The van der Waals surface area contributed by atoms with E-state index in [-0.39, 0.29) is 17.3 Å². The number of nitrogens with zero attached hydrogens (tertiary/aromatic N) is 1. The first kappa shape index (κ1) is 21.9. The number of hydrogen-bond donors (Lipinski definition) is 1. The van der Waals surface area contributed by atoms with E-state index < -0.39 is 10.0 Å². The van der Waals surface area contributed by atoms with Gasteiger partial charge in [-0.25, -0.2) is 8.42 Å². The fourth-order valence-electron chi connectivity index (χ4n) is 2.88. The lowest BCUT2D eigenvalue weighted by atomic mass is 10.1. The summed E-state index contributed by atoms with van der Waals surface area (Å²) in [5.74, 6) is -0.356.